The lowest BCUT2D eigenvalue weighted by molar-refractivity contribution is 0.425. The van der Waals surface area contributed by atoms with Gasteiger partial charge in [0.15, 0.2) is 5.76 Å². The van der Waals surface area contributed by atoms with E-state index in [-0.39, 0.29) is 5.82 Å². The molecule has 5 heteroatoms. The molecule has 0 atom stereocenters. The first-order chi connectivity index (χ1) is 13.6. The molecule has 0 amide bonds. The summed E-state index contributed by atoms with van der Waals surface area (Å²) in [4.78, 5) is 4.06. The molecule has 0 bridgehead atoms. The molecule has 28 heavy (non-hydrogen) atoms. The minimum absolute atomic E-state index is 0.272. The maximum Gasteiger partial charge on any atom is 0.170 e. The molecule has 0 saturated heterocycles. The number of aromatic nitrogens is 2. The second kappa shape index (κ2) is 7.48. The van der Waals surface area contributed by atoms with E-state index in [1.165, 1.54) is 12.1 Å². The van der Waals surface area contributed by atoms with Crippen molar-refractivity contribution in [3.05, 3.63) is 108 Å². The summed E-state index contributed by atoms with van der Waals surface area (Å²) >= 11 is 0. The Kier molecular flexibility index (Phi) is 4.72. The lowest BCUT2D eigenvalue weighted by atomic mass is 9.97. The number of rotatable bonds is 5. The van der Waals surface area contributed by atoms with Crippen LogP contribution in [-0.4, -0.2) is 10.1 Å². The second-order valence-electron chi connectivity index (χ2n) is 6.48. The van der Waals surface area contributed by atoms with E-state index < -0.39 is 0 Å². The van der Waals surface area contributed by atoms with Gasteiger partial charge in [-0.15, -0.1) is 0 Å². The van der Waals surface area contributed by atoms with E-state index in [4.69, 9.17) is 10.3 Å². The molecule has 0 aliphatic heterocycles. The molecular formula is C23H18FN3O. The number of benzene rings is 2. The van der Waals surface area contributed by atoms with Gasteiger partial charge in [-0.1, -0.05) is 48.1 Å². The van der Waals surface area contributed by atoms with Crippen LogP contribution in [0.3, 0.4) is 0 Å². The molecular weight excluding hydrogens is 353 g/mol. The van der Waals surface area contributed by atoms with Crippen LogP contribution < -0.4 is 5.73 Å². The number of nitrogens with zero attached hydrogens (tertiary/aromatic N) is 2. The highest BCUT2D eigenvalue weighted by Crippen LogP contribution is 2.26. The Balaban J connectivity index is 1.50. The normalized spacial score (nSPS) is 10.8. The van der Waals surface area contributed by atoms with Gasteiger partial charge in [0.25, 0.3) is 0 Å². The molecule has 4 aromatic rings. The van der Waals surface area contributed by atoms with Crippen LogP contribution in [0.1, 0.15) is 22.4 Å². The zero-order valence-corrected chi connectivity index (χ0v) is 15.1. The summed E-state index contributed by atoms with van der Waals surface area (Å²) in [5.74, 6) is 0.730. The summed E-state index contributed by atoms with van der Waals surface area (Å²) in [6.45, 7) is 4.08. The predicted molar refractivity (Wildman–Crippen MR) is 108 cm³/mol. The number of hydrogen-bond acceptors (Lipinski definition) is 4. The molecule has 2 aromatic carbocycles. The highest BCUT2D eigenvalue weighted by molar-refractivity contribution is 5.78. The number of nitrogen functional groups attached to an aromatic ring is 1. The number of hydrogen-bond donors (Lipinski definition) is 1. The van der Waals surface area contributed by atoms with E-state index in [0.717, 1.165) is 33.5 Å². The summed E-state index contributed by atoms with van der Waals surface area (Å²) in [6, 6.07) is 19.9. The van der Waals surface area contributed by atoms with Crippen LogP contribution in [0, 0.1) is 5.82 Å². The molecule has 0 unspecified atom stereocenters. The van der Waals surface area contributed by atoms with Gasteiger partial charge in [0.1, 0.15) is 11.6 Å². The van der Waals surface area contributed by atoms with Crippen molar-refractivity contribution in [3.8, 4) is 11.3 Å². The van der Waals surface area contributed by atoms with E-state index in [0.29, 0.717) is 18.0 Å². The summed E-state index contributed by atoms with van der Waals surface area (Å²) in [5, 5.41) is 4.13. The van der Waals surface area contributed by atoms with Crippen molar-refractivity contribution in [2.75, 3.05) is 5.73 Å². The van der Waals surface area contributed by atoms with Gasteiger partial charge in [-0.2, -0.15) is 0 Å². The van der Waals surface area contributed by atoms with Crippen LogP contribution in [0.5, 0.6) is 0 Å². The van der Waals surface area contributed by atoms with Gasteiger partial charge in [-0.25, -0.2) is 9.37 Å². The maximum atomic E-state index is 13.4. The molecule has 0 aliphatic carbocycles. The lowest BCUT2D eigenvalue weighted by Crippen LogP contribution is -1.92. The van der Waals surface area contributed by atoms with Crippen LogP contribution in [-0.2, 0) is 6.42 Å². The van der Waals surface area contributed by atoms with Crippen molar-refractivity contribution in [2.24, 2.45) is 0 Å². The van der Waals surface area contributed by atoms with Gasteiger partial charge in [0.05, 0.1) is 11.3 Å². The zero-order valence-electron chi connectivity index (χ0n) is 15.1. The quantitative estimate of drug-likeness (QED) is 0.529. The fraction of sp³-hybridized carbons (Fsp3) is 0.0435. The van der Waals surface area contributed by atoms with Crippen LogP contribution in [0.2, 0.25) is 0 Å². The standard InChI is InChI=1S/C23H18FN3O/c1-15(18-4-2-5-19(24)13-18)17-9-7-16(8-10-17)12-20-14-22(28-27-20)21-6-3-11-26-23(21)25/h2-11,13-14H,1,12H2,(H2,25,26). The topological polar surface area (TPSA) is 64.9 Å². The molecule has 2 heterocycles. The third-order valence-corrected chi connectivity index (χ3v) is 4.52. The van der Waals surface area contributed by atoms with Gasteiger partial charge in [0, 0.05) is 18.7 Å². The molecule has 2 aromatic heterocycles. The van der Waals surface area contributed by atoms with Crippen molar-refractivity contribution in [3.63, 3.8) is 0 Å². The molecule has 0 saturated carbocycles. The fourth-order valence-corrected chi connectivity index (χ4v) is 3.02. The molecule has 0 radical (unpaired) electrons. The van der Waals surface area contributed by atoms with Gasteiger partial charge in [-0.3, -0.25) is 0 Å². The van der Waals surface area contributed by atoms with Crippen molar-refractivity contribution < 1.29 is 8.91 Å². The van der Waals surface area contributed by atoms with Crippen LogP contribution in [0.15, 0.2) is 84.0 Å². The minimum Gasteiger partial charge on any atom is -0.383 e. The minimum atomic E-state index is -0.272. The maximum absolute atomic E-state index is 13.4. The summed E-state index contributed by atoms with van der Waals surface area (Å²) < 4.78 is 18.8. The van der Waals surface area contributed by atoms with Crippen molar-refractivity contribution >= 4 is 11.4 Å². The third-order valence-electron chi connectivity index (χ3n) is 4.52. The SMILES string of the molecule is C=C(c1ccc(Cc2cc(-c3cccnc3N)on2)cc1)c1cccc(F)c1. The van der Waals surface area contributed by atoms with E-state index in [9.17, 15) is 4.39 Å². The molecule has 2 N–H and O–H groups in total. The fourth-order valence-electron chi connectivity index (χ4n) is 3.02. The molecule has 4 nitrogen and oxygen atoms in total. The third kappa shape index (κ3) is 3.69. The molecule has 138 valence electrons. The van der Waals surface area contributed by atoms with Crippen molar-refractivity contribution in [1.82, 2.24) is 10.1 Å². The number of anilines is 1. The van der Waals surface area contributed by atoms with Gasteiger partial charge >= 0.3 is 0 Å². The van der Waals surface area contributed by atoms with E-state index >= 15 is 0 Å². The number of nitrogens with two attached hydrogens (primary N) is 1. The average Bonchev–Trinajstić information content (AvgIpc) is 3.16. The largest absolute Gasteiger partial charge is 0.383 e. The first-order valence-corrected chi connectivity index (χ1v) is 8.81. The highest BCUT2D eigenvalue weighted by atomic mass is 19.1. The van der Waals surface area contributed by atoms with Crippen LogP contribution in [0.4, 0.5) is 10.2 Å². The smallest absolute Gasteiger partial charge is 0.170 e. The predicted octanol–water partition coefficient (Wildman–Crippen LogP) is 5.11. The zero-order chi connectivity index (χ0) is 19.5. The van der Waals surface area contributed by atoms with Gasteiger partial charge in [0.2, 0.25) is 0 Å². The summed E-state index contributed by atoms with van der Waals surface area (Å²) in [7, 11) is 0. The number of halogens is 1. The monoisotopic (exact) mass is 371 g/mol. The average molecular weight is 371 g/mol. The first-order valence-electron chi connectivity index (χ1n) is 8.81. The summed E-state index contributed by atoms with van der Waals surface area (Å²) in [6.07, 6.45) is 2.26. The summed E-state index contributed by atoms with van der Waals surface area (Å²) in [5.41, 5.74) is 11.0. The molecule has 4 rings (SSSR count). The van der Waals surface area contributed by atoms with E-state index in [1.54, 1.807) is 18.3 Å². The number of pyridine rings is 1. The Hall–Kier alpha value is -3.73. The second-order valence-corrected chi connectivity index (χ2v) is 6.48. The van der Waals surface area contributed by atoms with E-state index in [2.05, 4.69) is 16.7 Å². The highest BCUT2D eigenvalue weighted by Gasteiger charge is 2.11. The van der Waals surface area contributed by atoms with Crippen LogP contribution in [0.25, 0.3) is 16.9 Å². The van der Waals surface area contributed by atoms with Crippen molar-refractivity contribution in [2.45, 2.75) is 6.42 Å². The Morgan fingerprint density at radius 1 is 1.00 bits per heavy atom. The molecule has 0 aliphatic rings. The Morgan fingerprint density at radius 3 is 2.57 bits per heavy atom. The van der Waals surface area contributed by atoms with Gasteiger partial charge in [-0.05, 0) is 46.5 Å². The Morgan fingerprint density at radius 2 is 1.82 bits per heavy atom. The molecule has 0 spiro atoms. The Labute approximate surface area is 162 Å². The lowest BCUT2D eigenvalue weighted by Gasteiger charge is -2.07. The van der Waals surface area contributed by atoms with Crippen molar-refractivity contribution in [1.29, 1.82) is 0 Å². The van der Waals surface area contributed by atoms with E-state index in [1.807, 2.05) is 42.5 Å². The van der Waals surface area contributed by atoms with Gasteiger partial charge < -0.3 is 10.3 Å². The van der Waals surface area contributed by atoms with Crippen LogP contribution >= 0.6 is 0 Å². The Bertz CT molecular complexity index is 1130. The first kappa shape index (κ1) is 17.7. The molecule has 0 fully saturated rings.